The first-order chi connectivity index (χ1) is 14.2. The molecule has 2 aromatic carbocycles. The number of rotatable bonds is 7. The Labute approximate surface area is 170 Å². The van der Waals surface area contributed by atoms with Crippen molar-refractivity contribution in [3.8, 4) is 11.3 Å². The van der Waals surface area contributed by atoms with Gasteiger partial charge in [-0.3, -0.25) is 15.6 Å². The molecule has 2 unspecified atom stereocenters. The van der Waals surface area contributed by atoms with Gasteiger partial charge in [-0.25, -0.2) is 4.98 Å². The second-order valence-corrected chi connectivity index (χ2v) is 7.50. The van der Waals surface area contributed by atoms with Crippen molar-refractivity contribution in [2.75, 3.05) is 13.6 Å². The van der Waals surface area contributed by atoms with Crippen molar-refractivity contribution < 1.29 is 9.21 Å². The third-order valence-electron chi connectivity index (χ3n) is 5.43. The Bertz CT molecular complexity index is 910. The molecule has 6 nitrogen and oxygen atoms in total. The van der Waals surface area contributed by atoms with E-state index in [1.54, 1.807) is 11.1 Å². The number of hydrazine groups is 1. The Hall–Kier alpha value is -2.96. The zero-order chi connectivity index (χ0) is 20.1. The molecule has 0 bridgehead atoms. The summed E-state index contributed by atoms with van der Waals surface area (Å²) in [6, 6.07) is 18.7. The van der Waals surface area contributed by atoms with E-state index in [1.807, 2.05) is 37.4 Å². The third-order valence-corrected chi connectivity index (χ3v) is 5.43. The van der Waals surface area contributed by atoms with Gasteiger partial charge in [-0.2, -0.15) is 0 Å². The average Bonchev–Trinajstić information content (AvgIpc) is 3.46. The highest BCUT2D eigenvalue weighted by molar-refractivity contribution is 5.94. The molecule has 4 rings (SSSR count). The number of carbonyl (C=O) groups is 1. The maximum absolute atomic E-state index is 12.7. The minimum absolute atomic E-state index is 0.0359. The fraction of sp³-hybridized carbons (Fsp3) is 0.304. The van der Waals surface area contributed by atoms with Gasteiger partial charge in [0.2, 0.25) is 0 Å². The lowest BCUT2D eigenvalue weighted by Gasteiger charge is -2.18. The van der Waals surface area contributed by atoms with Crippen molar-refractivity contribution in [2.45, 2.75) is 31.3 Å². The van der Waals surface area contributed by atoms with Crippen LogP contribution in [0.15, 0.2) is 71.6 Å². The Kier molecular flexibility index (Phi) is 6.03. The minimum Gasteiger partial charge on any atom is -0.444 e. The van der Waals surface area contributed by atoms with Gasteiger partial charge >= 0.3 is 0 Å². The van der Waals surface area contributed by atoms with Crippen LogP contribution < -0.4 is 10.9 Å². The van der Waals surface area contributed by atoms with Gasteiger partial charge in [0.15, 0.2) is 12.2 Å². The van der Waals surface area contributed by atoms with Crippen LogP contribution in [0.1, 0.15) is 41.2 Å². The van der Waals surface area contributed by atoms with Crippen LogP contribution in [-0.2, 0) is 0 Å². The van der Waals surface area contributed by atoms with Crippen LogP contribution in [0, 0.1) is 0 Å². The van der Waals surface area contributed by atoms with Gasteiger partial charge in [0, 0.05) is 36.8 Å². The van der Waals surface area contributed by atoms with Gasteiger partial charge in [0.05, 0.1) is 6.20 Å². The van der Waals surface area contributed by atoms with Gasteiger partial charge in [0.1, 0.15) is 0 Å². The van der Waals surface area contributed by atoms with Crippen LogP contribution in [-0.4, -0.2) is 35.4 Å². The molecule has 1 saturated heterocycles. The van der Waals surface area contributed by atoms with Crippen molar-refractivity contribution >= 4 is 5.91 Å². The molecule has 1 aromatic heterocycles. The molecule has 0 aliphatic carbocycles. The number of amides is 1. The van der Waals surface area contributed by atoms with Gasteiger partial charge in [-0.1, -0.05) is 42.5 Å². The van der Waals surface area contributed by atoms with E-state index in [0.29, 0.717) is 23.4 Å². The molecule has 2 heterocycles. The number of aromatic nitrogens is 1. The van der Waals surface area contributed by atoms with Gasteiger partial charge < -0.3 is 9.32 Å². The topological polar surface area (TPSA) is 70.4 Å². The normalized spacial score (nSPS) is 18.7. The minimum atomic E-state index is 0.0359. The summed E-state index contributed by atoms with van der Waals surface area (Å²) in [5, 5.41) is 0. The van der Waals surface area contributed by atoms with E-state index < -0.39 is 0 Å². The number of nitrogens with one attached hydrogen (secondary N) is 2. The molecule has 0 saturated carbocycles. The molecule has 1 amide bonds. The molecule has 0 spiro atoms. The molecule has 1 aliphatic rings. The van der Waals surface area contributed by atoms with Crippen LogP contribution in [0.2, 0.25) is 0 Å². The predicted molar refractivity (Wildman–Crippen MR) is 112 cm³/mol. The van der Waals surface area contributed by atoms with Crippen LogP contribution >= 0.6 is 0 Å². The number of carbonyl (C=O) groups excluding carboxylic acids is 1. The molecule has 29 heavy (non-hydrogen) atoms. The van der Waals surface area contributed by atoms with E-state index in [2.05, 4.69) is 40.1 Å². The predicted octanol–water partition coefficient (Wildman–Crippen LogP) is 3.80. The molecule has 0 radical (unpaired) electrons. The number of benzene rings is 2. The molecule has 6 heteroatoms. The highest BCUT2D eigenvalue weighted by Crippen LogP contribution is 2.24. The average molecular weight is 390 g/mol. The van der Waals surface area contributed by atoms with E-state index in [0.717, 1.165) is 31.4 Å². The second kappa shape index (κ2) is 9.03. The quantitative estimate of drug-likeness (QED) is 0.642. The Morgan fingerprint density at radius 3 is 2.66 bits per heavy atom. The smallest absolute Gasteiger partial charge is 0.253 e. The van der Waals surface area contributed by atoms with E-state index in [9.17, 15) is 4.79 Å². The molecule has 3 aromatic rings. The summed E-state index contributed by atoms with van der Waals surface area (Å²) in [6.07, 6.45) is 6.11. The second-order valence-electron chi connectivity index (χ2n) is 7.50. The molecule has 2 N–H and O–H groups in total. The van der Waals surface area contributed by atoms with Crippen molar-refractivity contribution in [2.24, 2.45) is 0 Å². The highest BCUT2D eigenvalue weighted by atomic mass is 16.3. The van der Waals surface area contributed by atoms with Crippen LogP contribution in [0.5, 0.6) is 0 Å². The van der Waals surface area contributed by atoms with Crippen molar-refractivity contribution in [1.29, 1.82) is 0 Å². The number of oxazole rings is 1. The number of nitrogens with zero attached hydrogens (tertiary/aromatic N) is 2. The van der Waals surface area contributed by atoms with E-state index in [4.69, 9.17) is 4.42 Å². The van der Waals surface area contributed by atoms with Crippen molar-refractivity contribution in [1.82, 2.24) is 20.7 Å². The molecule has 2 atom stereocenters. The largest absolute Gasteiger partial charge is 0.444 e. The lowest BCUT2D eigenvalue weighted by molar-refractivity contribution is 0.0791. The molecular weight excluding hydrogens is 364 g/mol. The summed E-state index contributed by atoms with van der Waals surface area (Å²) in [5.41, 5.74) is 9.68. The van der Waals surface area contributed by atoms with Gasteiger partial charge in [-0.15, -0.1) is 0 Å². The summed E-state index contributed by atoms with van der Waals surface area (Å²) in [4.78, 5) is 18.4. The standard InChI is InChI=1S/C23H26N4O2/c1-27(23(28)19-11-9-18(10-12-19)22-15-24-16-29-22)13-5-8-20-14-21(26-25-20)17-6-3-2-4-7-17/h2-4,6-7,9-12,15-16,20-21,25-26H,5,8,13-14H2,1H3. The fourth-order valence-electron chi connectivity index (χ4n) is 3.75. The lowest BCUT2D eigenvalue weighted by Crippen LogP contribution is -2.32. The first-order valence-electron chi connectivity index (χ1n) is 10.0. The molecular formula is C23H26N4O2. The van der Waals surface area contributed by atoms with E-state index in [-0.39, 0.29) is 5.91 Å². The summed E-state index contributed by atoms with van der Waals surface area (Å²) >= 11 is 0. The zero-order valence-corrected chi connectivity index (χ0v) is 16.5. The number of hydrogen-bond acceptors (Lipinski definition) is 5. The van der Waals surface area contributed by atoms with Crippen LogP contribution in [0.3, 0.4) is 0 Å². The maximum Gasteiger partial charge on any atom is 0.253 e. The SMILES string of the molecule is CN(CCCC1CC(c2ccccc2)NN1)C(=O)c1ccc(-c2cnco2)cc1. The van der Waals surface area contributed by atoms with Gasteiger partial charge in [0.25, 0.3) is 5.91 Å². The monoisotopic (exact) mass is 390 g/mol. The van der Waals surface area contributed by atoms with Crippen molar-refractivity contribution in [3.63, 3.8) is 0 Å². The summed E-state index contributed by atoms with van der Waals surface area (Å²) in [7, 11) is 1.86. The van der Waals surface area contributed by atoms with Gasteiger partial charge in [-0.05, 0) is 37.0 Å². The highest BCUT2D eigenvalue weighted by Gasteiger charge is 2.24. The van der Waals surface area contributed by atoms with E-state index in [1.165, 1.54) is 12.0 Å². The molecule has 1 fully saturated rings. The molecule has 150 valence electrons. The van der Waals surface area contributed by atoms with E-state index >= 15 is 0 Å². The maximum atomic E-state index is 12.7. The number of hydrogen-bond donors (Lipinski definition) is 2. The first kappa shape index (κ1) is 19.4. The first-order valence-corrected chi connectivity index (χ1v) is 10.0. The lowest BCUT2D eigenvalue weighted by atomic mass is 10.00. The van der Waals surface area contributed by atoms with Crippen molar-refractivity contribution in [3.05, 3.63) is 78.3 Å². The fourth-order valence-corrected chi connectivity index (χ4v) is 3.75. The Balaban J connectivity index is 1.23. The Morgan fingerprint density at radius 2 is 1.93 bits per heavy atom. The summed E-state index contributed by atoms with van der Waals surface area (Å²) in [5.74, 6) is 0.734. The zero-order valence-electron chi connectivity index (χ0n) is 16.5. The van der Waals surface area contributed by atoms with Crippen LogP contribution in [0.25, 0.3) is 11.3 Å². The molecule has 1 aliphatic heterocycles. The Morgan fingerprint density at radius 1 is 1.14 bits per heavy atom. The summed E-state index contributed by atoms with van der Waals surface area (Å²) in [6.45, 7) is 0.733. The summed E-state index contributed by atoms with van der Waals surface area (Å²) < 4.78 is 5.29. The van der Waals surface area contributed by atoms with Crippen LogP contribution in [0.4, 0.5) is 0 Å². The third kappa shape index (κ3) is 4.72.